The minimum Gasteiger partial charge on any atom is -0.493 e. The van der Waals surface area contributed by atoms with Gasteiger partial charge in [-0.05, 0) is 30.5 Å². The molecule has 0 fully saturated rings. The average molecular weight is 279 g/mol. The van der Waals surface area contributed by atoms with Crippen molar-refractivity contribution in [1.82, 2.24) is 0 Å². The maximum atomic E-state index is 11.6. The summed E-state index contributed by atoms with van der Waals surface area (Å²) in [5, 5.41) is 0. The fraction of sp³-hybridized carbons (Fsp3) is 0.562. The first-order valence-corrected chi connectivity index (χ1v) is 7.22. The summed E-state index contributed by atoms with van der Waals surface area (Å²) in [6.07, 6.45) is 4.69. The van der Waals surface area contributed by atoms with E-state index in [0.717, 1.165) is 6.42 Å². The Morgan fingerprint density at radius 3 is 2.70 bits per heavy atom. The highest BCUT2D eigenvalue weighted by atomic mass is 16.5. The van der Waals surface area contributed by atoms with Gasteiger partial charge in [-0.1, -0.05) is 33.1 Å². The highest BCUT2D eigenvalue weighted by molar-refractivity contribution is 5.95. The van der Waals surface area contributed by atoms with Gasteiger partial charge in [0.25, 0.3) is 0 Å². The van der Waals surface area contributed by atoms with Gasteiger partial charge >= 0.3 is 5.97 Å². The van der Waals surface area contributed by atoms with E-state index in [-0.39, 0.29) is 0 Å². The Labute approximate surface area is 121 Å². The van der Waals surface area contributed by atoms with Crippen LogP contribution in [0.25, 0.3) is 0 Å². The number of rotatable bonds is 8. The number of hydrogen-bond acceptors (Lipinski definition) is 4. The number of carbonyl (C=O) groups is 1. The summed E-state index contributed by atoms with van der Waals surface area (Å²) in [6, 6.07) is 5.11. The lowest BCUT2D eigenvalue weighted by atomic mass is 10.0. The van der Waals surface area contributed by atoms with E-state index in [1.165, 1.54) is 26.4 Å². The second kappa shape index (κ2) is 8.46. The molecule has 4 nitrogen and oxygen atoms in total. The second-order valence-electron chi connectivity index (χ2n) is 4.97. The van der Waals surface area contributed by atoms with Crippen molar-refractivity contribution in [2.24, 2.45) is 5.92 Å². The van der Waals surface area contributed by atoms with Crippen LogP contribution >= 0.6 is 0 Å². The van der Waals surface area contributed by atoms with Crippen LogP contribution in [-0.2, 0) is 4.74 Å². The SMILES string of the molecule is CCCCC(CC)COc1ccc(N)c(C(=O)OC)c1. The molecule has 2 N–H and O–H groups in total. The minimum atomic E-state index is -0.439. The van der Waals surface area contributed by atoms with Crippen LogP contribution in [0, 0.1) is 5.92 Å². The standard InChI is InChI=1S/C16H25NO3/c1-4-6-7-12(5-2)11-20-13-8-9-15(17)14(10-13)16(18)19-3/h8-10,12H,4-7,11,17H2,1-3H3. The third-order valence-corrected chi connectivity index (χ3v) is 3.46. The van der Waals surface area contributed by atoms with Crippen molar-refractivity contribution in [1.29, 1.82) is 0 Å². The monoisotopic (exact) mass is 279 g/mol. The number of hydrogen-bond donors (Lipinski definition) is 1. The van der Waals surface area contributed by atoms with Crippen LogP contribution in [0.15, 0.2) is 18.2 Å². The number of carbonyl (C=O) groups excluding carboxylic acids is 1. The number of methoxy groups -OCH3 is 1. The quantitative estimate of drug-likeness (QED) is 0.583. The molecule has 112 valence electrons. The highest BCUT2D eigenvalue weighted by Crippen LogP contribution is 2.22. The smallest absolute Gasteiger partial charge is 0.340 e. The van der Waals surface area contributed by atoms with Gasteiger partial charge in [0.2, 0.25) is 0 Å². The van der Waals surface area contributed by atoms with Crippen molar-refractivity contribution in [2.45, 2.75) is 39.5 Å². The molecular formula is C16H25NO3. The van der Waals surface area contributed by atoms with Gasteiger partial charge in [-0.15, -0.1) is 0 Å². The number of anilines is 1. The van der Waals surface area contributed by atoms with Crippen molar-refractivity contribution in [3.63, 3.8) is 0 Å². The van der Waals surface area contributed by atoms with E-state index < -0.39 is 5.97 Å². The molecule has 0 amide bonds. The van der Waals surface area contributed by atoms with E-state index in [1.54, 1.807) is 18.2 Å². The summed E-state index contributed by atoms with van der Waals surface area (Å²) < 4.78 is 10.5. The molecule has 1 aromatic carbocycles. The molecule has 0 saturated carbocycles. The van der Waals surface area contributed by atoms with E-state index in [0.29, 0.717) is 29.5 Å². The number of unbranched alkanes of at least 4 members (excludes halogenated alkanes) is 1. The summed E-state index contributed by atoms with van der Waals surface area (Å²) in [5.74, 6) is 0.773. The van der Waals surface area contributed by atoms with Gasteiger partial charge in [0.1, 0.15) is 5.75 Å². The maximum absolute atomic E-state index is 11.6. The largest absolute Gasteiger partial charge is 0.493 e. The second-order valence-corrected chi connectivity index (χ2v) is 4.97. The molecule has 0 aliphatic heterocycles. The fourth-order valence-corrected chi connectivity index (χ4v) is 2.02. The first-order valence-electron chi connectivity index (χ1n) is 7.22. The summed E-state index contributed by atoms with van der Waals surface area (Å²) in [7, 11) is 1.34. The fourth-order valence-electron chi connectivity index (χ4n) is 2.02. The third-order valence-electron chi connectivity index (χ3n) is 3.46. The van der Waals surface area contributed by atoms with Crippen molar-refractivity contribution in [2.75, 3.05) is 19.5 Å². The van der Waals surface area contributed by atoms with Crippen LogP contribution in [0.2, 0.25) is 0 Å². The number of ether oxygens (including phenoxy) is 2. The molecule has 0 aliphatic carbocycles. The minimum absolute atomic E-state index is 0.353. The molecule has 0 spiro atoms. The van der Waals surface area contributed by atoms with Crippen molar-refractivity contribution < 1.29 is 14.3 Å². The molecule has 0 radical (unpaired) electrons. The van der Waals surface area contributed by atoms with E-state index in [9.17, 15) is 4.79 Å². The van der Waals surface area contributed by atoms with Crippen LogP contribution in [0.4, 0.5) is 5.69 Å². The molecular weight excluding hydrogens is 254 g/mol. The summed E-state index contributed by atoms with van der Waals surface area (Å²) in [4.78, 5) is 11.6. The summed E-state index contributed by atoms with van der Waals surface area (Å²) >= 11 is 0. The predicted molar refractivity (Wildman–Crippen MR) is 81.0 cm³/mol. The Hall–Kier alpha value is -1.71. The van der Waals surface area contributed by atoms with Crippen molar-refractivity contribution in [3.05, 3.63) is 23.8 Å². The van der Waals surface area contributed by atoms with E-state index >= 15 is 0 Å². The van der Waals surface area contributed by atoms with Gasteiger partial charge in [-0.3, -0.25) is 0 Å². The third kappa shape index (κ3) is 4.76. The average Bonchev–Trinajstić information content (AvgIpc) is 2.48. The molecule has 0 heterocycles. The molecule has 1 unspecified atom stereocenters. The summed E-state index contributed by atoms with van der Waals surface area (Å²) in [5.41, 5.74) is 6.52. The molecule has 1 atom stereocenters. The van der Waals surface area contributed by atoms with Gasteiger partial charge in [0.05, 0.1) is 19.3 Å². The Bertz CT molecular complexity index is 432. The molecule has 20 heavy (non-hydrogen) atoms. The maximum Gasteiger partial charge on any atom is 0.340 e. The van der Waals surface area contributed by atoms with Crippen LogP contribution in [0.5, 0.6) is 5.75 Å². The molecule has 1 rings (SSSR count). The lowest BCUT2D eigenvalue weighted by molar-refractivity contribution is 0.0601. The topological polar surface area (TPSA) is 61.5 Å². The van der Waals surface area contributed by atoms with E-state index in [2.05, 4.69) is 13.8 Å². The Kier molecular flexibility index (Phi) is 6.91. The number of esters is 1. The van der Waals surface area contributed by atoms with Crippen LogP contribution in [-0.4, -0.2) is 19.7 Å². The molecule has 0 aliphatic rings. The molecule has 0 saturated heterocycles. The number of nitrogen functional groups attached to an aromatic ring is 1. The Morgan fingerprint density at radius 2 is 2.10 bits per heavy atom. The Balaban J connectivity index is 2.66. The molecule has 0 aromatic heterocycles. The van der Waals surface area contributed by atoms with E-state index in [1.807, 2.05) is 0 Å². The molecule has 0 bridgehead atoms. The number of benzene rings is 1. The lowest BCUT2D eigenvalue weighted by Gasteiger charge is -2.16. The van der Waals surface area contributed by atoms with Crippen LogP contribution < -0.4 is 10.5 Å². The van der Waals surface area contributed by atoms with Gasteiger partial charge in [0, 0.05) is 5.69 Å². The zero-order chi connectivity index (χ0) is 15.0. The molecule has 4 heteroatoms. The van der Waals surface area contributed by atoms with Gasteiger partial charge in [0.15, 0.2) is 0 Å². The predicted octanol–water partition coefficient (Wildman–Crippen LogP) is 3.65. The van der Waals surface area contributed by atoms with Crippen molar-refractivity contribution >= 4 is 11.7 Å². The van der Waals surface area contributed by atoms with Crippen LogP contribution in [0.3, 0.4) is 0 Å². The van der Waals surface area contributed by atoms with Gasteiger partial charge in [-0.2, -0.15) is 0 Å². The first-order chi connectivity index (χ1) is 9.62. The first kappa shape index (κ1) is 16.3. The highest BCUT2D eigenvalue weighted by Gasteiger charge is 2.12. The van der Waals surface area contributed by atoms with Gasteiger partial charge < -0.3 is 15.2 Å². The normalized spacial score (nSPS) is 11.9. The van der Waals surface area contributed by atoms with Crippen molar-refractivity contribution in [3.8, 4) is 5.75 Å². The zero-order valence-corrected chi connectivity index (χ0v) is 12.6. The van der Waals surface area contributed by atoms with Gasteiger partial charge in [-0.25, -0.2) is 4.79 Å². The Morgan fingerprint density at radius 1 is 1.35 bits per heavy atom. The van der Waals surface area contributed by atoms with Crippen LogP contribution in [0.1, 0.15) is 49.9 Å². The zero-order valence-electron chi connectivity index (χ0n) is 12.6. The summed E-state index contributed by atoms with van der Waals surface area (Å²) in [6.45, 7) is 5.03. The molecule has 1 aromatic rings. The number of nitrogens with two attached hydrogens (primary N) is 1. The lowest BCUT2D eigenvalue weighted by Crippen LogP contribution is -2.12. The van der Waals surface area contributed by atoms with E-state index in [4.69, 9.17) is 15.2 Å².